The second-order valence-electron chi connectivity index (χ2n) is 5.06. The number of hydrogen-bond acceptors (Lipinski definition) is 2. The Balaban J connectivity index is 1.97. The summed E-state index contributed by atoms with van der Waals surface area (Å²) in [7, 11) is 0. The molecule has 0 aliphatic carbocycles. The Bertz CT molecular complexity index is 408. The molecule has 98 valence electrons. The maximum Gasteiger partial charge on any atom is 0.407 e. The van der Waals surface area contributed by atoms with Crippen molar-refractivity contribution in [2.24, 2.45) is 5.92 Å². The molecule has 3 N–H and O–H groups in total. The first-order chi connectivity index (χ1) is 8.58. The van der Waals surface area contributed by atoms with E-state index in [1.165, 1.54) is 10.5 Å². The Kier molecular flexibility index (Phi) is 3.75. The van der Waals surface area contributed by atoms with Gasteiger partial charge in [-0.15, -0.1) is 0 Å². The molecule has 2 rings (SSSR count). The Hall–Kier alpha value is -1.71. The van der Waals surface area contributed by atoms with Crippen LogP contribution in [0.1, 0.15) is 31.2 Å². The van der Waals surface area contributed by atoms with Crippen LogP contribution in [0.25, 0.3) is 0 Å². The van der Waals surface area contributed by atoms with Gasteiger partial charge in [0, 0.05) is 18.8 Å². The van der Waals surface area contributed by atoms with Crippen LogP contribution in [0.4, 0.5) is 10.5 Å². The number of nitrogens with two attached hydrogens (primary N) is 1. The van der Waals surface area contributed by atoms with Crippen molar-refractivity contribution in [3.05, 3.63) is 29.8 Å². The lowest BCUT2D eigenvalue weighted by atomic mass is 9.81. The van der Waals surface area contributed by atoms with E-state index in [0.717, 1.165) is 18.5 Å². The molecule has 1 heterocycles. The van der Waals surface area contributed by atoms with E-state index in [9.17, 15) is 4.79 Å². The minimum atomic E-state index is -0.798. The van der Waals surface area contributed by atoms with E-state index in [4.69, 9.17) is 10.8 Å². The Morgan fingerprint density at radius 2 is 1.89 bits per heavy atom. The van der Waals surface area contributed by atoms with Crippen molar-refractivity contribution in [1.29, 1.82) is 0 Å². The van der Waals surface area contributed by atoms with E-state index in [-0.39, 0.29) is 0 Å². The topological polar surface area (TPSA) is 66.6 Å². The highest BCUT2D eigenvalue weighted by molar-refractivity contribution is 5.65. The number of nitrogens with zero attached hydrogens (tertiary/aromatic N) is 1. The normalized spacial score (nSPS) is 18.6. The third-order valence-electron chi connectivity index (χ3n) is 3.98. The highest BCUT2D eigenvalue weighted by atomic mass is 16.4. The molecule has 1 fully saturated rings. The molecule has 18 heavy (non-hydrogen) atoms. The van der Waals surface area contributed by atoms with Gasteiger partial charge < -0.3 is 15.7 Å². The zero-order valence-electron chi connectivity index (χ0n) is 10.7. The lowest BCUT2D eigenvalue weighted by Gasteiger charge is -2.33. The summed E-state index contributed by atoms with van der Waals surface area (Å²) < 4.78 is 0. The zero-order chi connectivity index (χ0) is 13.1. The van der Waals surface area contributed by atoms with Gasteiger partial charge >= 0.3 is 6.09 Å². The van der Waals surface area contributed by atoms with Gasteiger partial charge in [0.15, 0.2) is 0 Å². The van der Waals surface area contributed by atoms with Crippen LogP contribution in [0.5, 0.6) is 0 Å². The van der Waals surface area contributed by atoms with Gasteiger partial charge in [-0.1, -0.05) is 19.1 Å². The molecular formula is C14H20N2O2. The largest absolute Gasteiger partial charge is 0.465 e. The molecule has 1 unspecified atom stereocenters. The molecule has 0 bridgehead atoms. The average Bonchev–Trinajstić information content (AvgIpc) is 2.39. The van der Waals surface area contributed by atoms with Gasteiger partial charge in [-0.2, -0.15) is 0 Å². The Morgan fingerprint density at radius 1 is 1.33 bits per heavy atom. The van der Waals surface area contributed by atoms with Crippen molar-refractivity contribution in [3.8, 4) is 0 Å². The van der Waals surface area contributed by atoms with E-state index in [1.54, 1.807) is 0 Å². The number of anilines is 1. The smallest absolute Gasteiger partial charge is 0.407 e. The number of piperidine rings is 1. The number of rotatable bonds is 2. The first-order valence-electron chi connectivity index (χ1n) is 6.41. The molecule has 0 spiro atoms. The van der Waals surface area contributed by atoms with Crippen LogP contribution >= 0.6 is 0 Å². The van der Waals surface area contributed by atoms with Crippen molar-refractivity contribution in [2.75, 3.05) is 18.8 Å². The van der Waals surface area contributed by atoms with Crippen LogP contribution < -0.4 is 5.73 Å². The number of likely N-dealkylation sites (tertiary alicyclic amines) is 1. The maximum atomic E-state index is 10.9. The summed E-state index contributed by atoms with van der Waals surface area (Å²) in [6.45, 7) is 3.52. The molecule has 1 aromatic rings. The van der Waals surface area contributed by atoms with Gasteiger partial charge in [0.1, 0.15) is 0 Å². The summed E-state index contributed by atoms with van der Waals surface area (Å²) in [5.74, 6) is 1.02. The fourth-order valence-corrected chi connectivity index (χ4v) is 2.66. The van der Waals surface area contributed by atoms with E-state index in [2.05, 4.69) is 19.1 Å². The van der Waals surface area contributed by atoms with Gasteiger partial charge in [-0.3, -0.25) is 0 Å². The SMILES string of the molecule is CC(c1ccc(N)cc1)C1CCN(C(=O)O)CC1. The number of carbonyl (C=O) groups is 1. The van der Waals surface area contributed by atoms with Crippen LogP contribution in [0, 0.1) is 5.92 Å². The van der Waals surface area contributed by atoms with Crippen molar-refractivity contribution in [2.45, 2.75) is 25.7 Å². The molecular weight excluding hydrogens is 228 g/mol. The number of amides is 1. The molecule has 4 nitrogen and oxygen atoms in total. The lowest BCUT2D eigenvalue weighted by Crippen LogP contribution is -2.38. The molecule has 1 amide bonds. The standard InChI is InChI=1S/C14H20N2O2/c1-10(11-2-4-13(15)5-3-11)12-6-8-16(9-7-12)14(17)18/h2-5,10,12H,6-9,15H2,1H3,(H,17,18). The van der Waals surface area contributed by atoms with Crippen molar-refractivity contribution < 1.29 is 9.90 Å². The minimum Gasteiger partial charge on any atom is -0.465 e. The average molecular weight is 248 g/mol. The number of carboxylic acid groups (broad SMARTS) is 1. The lowest BCUT2D eigenvalue weighted by molar-refractivity contribution is 0.121. The van der Waals surface area contributed by atoms with E-state index >= 15 is 0 Å². The number of benzene rings is 1. The van der Waals surface area contributed by atoms with E-state index in [0.29, 0.717) is 24.9 Å². The third-order valence-corrected chi connectivity index (χ3v) is 3.98. The molecule has 1 aromatic carbocycles. The molecule has 4 heteroatoms. The Labute approximate surface area is 107 Å². The van der Waals surface area contributed by atoms with Crippen LogP contribution in [-0.4, -0.2) is 29.2 Å². The summed E-state index contributed by atoms with van der Waals surface area (Å²) in [5, 5.41) is 8.92. The molecule has 1 aliphatic heterocycles. The van der Waals surface area contributed by atoms with Crippen LogP contribution in [0.15, 0.2) is 24.3 Å². The van der Waals surface area contributed by atoms with Crippen LogP contribution in [0.2, 0.25) is 0 Å². The quantitative estimate of drug-likeness (QED) is 0.791. The number of hydrogen-bond donors (Lipinski definition) is 2. The van der Waals surface area contributed by atoms with Crippen molar-refractivity contribution >= 4 is 11.8 Å². The first-order valence-corrected chi connectivity index (χ1v) is 6.41. The minimum absolute atomic E-state index is 0.460. The maximum absolute atomic E-state index is 10.9. The van der Waals surface area contributed by atoms with Crippen molar-refractivity contribution in [1.82, 2.24) is 4.90 Å². The fraction of sp³-hybridized carbons (Fsp3) is 0.500. The summed E-state index contributed by atoms with van der Waals surface area (Å²) in [6, 6.07) is 8.00. The highest BCUT2D eigenvalue weighted by Gasteiger charge is 2.26. The summed E-state index contributed by atoms with van der Waals surface area (Å²) in [4.78, 5) is 12.4. The van der Waals surface area contributed by atoms with Gasteiger partial charge in [-0.05, 0) is 42.4 Å². The molecule has 0 saturated carbocycles. The van der Waals surface area contributed by atoms with E-state index < -0.39 is 6.09 Å². The van der Waals surface area contributed by atoms with Gasteiger partial charge in [0.25, 0.3) is 0 Å². The molecule has 1 atom stereocenters. The zero-order valence-corrected chi connectivity index (χ0v) is 10.7. The first kappa shape index (κ1) is 12.7. The van der Waals surface area contributed by atoms with Crippen molar-refractivity contribution in [3.63, 3.8) is 0 Å². The van der Waals surface area contributed by atoms with Gasteiger partial charge in [-0.25, -0.2) is 4.79 Å². The van der Waals surface area contributed by atoms with Crippen LogP contribution in [0.3, 0.4) is 0 Å². The Morgan fingerprint density at radius 3 is 2.39 bits per heavy atom. The number of nitrogen functional groups attached to an aromatic ring is 1. The summed E-state index contributed by atoms with van der Waals surface area (Å²) >= 11 is 0. The monoisotopic (exact) mass is 248 g/mol. The molecule has 1 saturated heterocycles. The third kappa shape index (κ3) is 2.75. The van der Waals surface area contributed by atoms with Crippen LogP contribution in [-0.2, 0) is 0 Å². The van der Waals surface area contributed by atoms with Gasteiger partial charge in [0.2, 0.25) is 0 Å². The van der Waals surface area contributed by atoms with Gasteiger partial charge in [0.05, 0.1) is 0 Å². The van der Waals surface area contributed by atoms with E-state index in [1.807, 2.05) is 12.1 Å². The second kappa shape index (κ2) is 5.29. The molecule has 0 radical (unpaired) electrons. The predicted octanol–water partition coefficient (Wildman–Crippen LogP) is 2.76. The fourth-order valence-electron chi connectivity index (χ4n) is 2.66. The second-order valence-corrected chi connectivity index (χ2v) is 5.06. The summed E-state index contributed by atoms with van der Waals surface area (Å²) in [6.07, 6.45) is 1.09. The molecule has 1 aliphatic rings. The molecule has 0 aromatic heterocycles. The highest BCUT2D eigenvalue weighted by Crippen LogP contribution is 2.32. The summed E-state index contributed by atoms with van der Waals surface area (Å²) in [5.41, 5.74) is 7.76. The predicted molar refractivity (Wildman–Crippen MR) is 71.6 cm³/mol.